The molecule has 1 aromatic carbocycles. The molecule has 2 aromatic rings. The number of aromatic nitrogens is 1. The van der Waals surface area contributed by atoms with Crippen molar-refractivity contribution in [1.29, 1.82) is 0 Å². The Bertz CT molecular complexity index is 835. The number of alkyl halides is 3. The molecule has 0 saturated carbocycles. The van der Waals surface area contributed by atoms with Gasteiger partial charge in [-0.15, -0.1) is 0 Å². The number of fused-ring (bicyclic) bond motifs is 1. The van der Waals surface area contributed by atoms with Crippen molar-refractivity contribution in [3.05, 3.63) is 59.3 Å². The Morgan fingerprint density at radius 3 is 2.56 bits per heavy atom. The summed E-state index contributed by atoms with van der Waals surface area (Å²) in [5, 5.41) is 0. The normalized spacial score (nSPS) is 19.9. The molecule has 0 spiro atoms. The van der Waals surface area contributed by atoms with Gasteiger partial charge in [0.2, 0.25) is 5.91 Å². The van der Waals surface area contributed by atoms with E-state index >= 15 is 0 Å². The lowest BCUT2D eigenvalue weighted by Crippen LogP contribution is -2.40. The fourth-order valence-corrected chi connectivity index (χ4v) is 3.85. The fraction of sp³-hybridized carbons (Fsp3) is 0.400. The fourth-order valence-electron chi connectivity index (χ4n) is 3.85. The monoisotopic (exact) mass is 375 g/mol. The van der Waals surface area contributed by atoms with E-state index in [1.807, 2.05) is 21.9 Å². The van der Waals surface area contributed by atoms with Gasteiger partial charge in [-0.1, -0.05) is 24.3 Å². The second-order valence-corrected chi connectivity index (χ2v) is 7.11. The maximum absolute atomic E-state index is 12.9. The number of nitrogens with zero attached hydrogens (tertiary/aromatic N) is 3. The zero-order chi connectivity index (χ0) is 19.0. The molecule has 142 valence electrons. The summed E-state index contributed by atoms with van der Waals surface area (Å²) in [6.45, 7) is 2.46. The predicted octanol–water partition coefficient (Wildman–Crippen LogP) is 3.51. The first-order valence-corrected chi connectivity index (χ1v) is 9.05. The van der Waals surface area contributed by atoms with E-state index in [-0.39, 0.29) is 11.8 Å². The number of rotatable bonds is 2. The highest BCUT2D eigenvalue weighted by Crippen LogP contribution is 2.31. The molecule has 1 aromatic heterocycles. The summed E-state index contributed by atoms with van der Waals surface area (Å²) in [6, 6.07) is 10.6. The van der Waals surface area contributed by atoms with Crippen molar-refractivity contribution in [2.75, 3.05) is 24.5 Å². The first kappa shape index (κ1) is 17.8. The van der Waals surface area contributed by atoms with Crippen LogP contribution in [0.4, 0.5) is 19.0 Å². The van der Waals surface area contributed by atoms with Gasteiger partial charge in [0.05, 0.1) is 11.5 Å². The minimum absolute atomic E-state index is 0.124. The van der Waals surface area contributed by atoms with E-state index in [4.69, 9.17) is 0 Å². The summed E-state index contributed by atoms with van der Waals surface area (Å²) >= 11 is 0. The molecule has 4 nitrogen and oxygen atoms in total. The molecule has 1 unspecified atom stereocenters. The number of halogens is 3. The topological polar surface area (TPSA) is 36.4 Å². The van der Waals surface area contributed by atoms with Crippen LogP contribution in [0.25, 0.3) is 0 Å². The van der Waals surface area contributed by atoms with Gasteiger partial charge in [-0.3, -0.25) is 4.79 Å². The molecule has 3 heterocycles. The predicted molar refractivity (Wildman–Crippen MR) is 95.1 cm³/mol. The molecule has 0 N–H and O–H groups in total. The first-order chi connectivity index (χ1) is 12.9. The first-order valence-electron chi connectivity index (χ1n) is 9.05. The number of carbonyl (C=O) groups excluding carboxylic acids is 1. The maximum atomic E-state index is 12.9. The van der Waals surface area contributed by atoms with Crippen LogP contribution < -0.4 is 4.90 Å². The molecule has 0 radical (unpaired) electrons. The summed E-state index contributed by atoms with van der Waals surface area (Å²) in [5.74, 6) is 0.473. The van der Waals surface area contributed by atoms with Gasteiger partial charge >= 0.3 is 6.18 Å². The van der Waals surface area contributed by atoms with Crippen LogP contribution in [0.5, 0.6) is 0 Å². The lowest BCUT2D eigenvalue weighted by Gasteiger charge is -2.31. The highest BCUT2D eigenvalue weighted by atomic mass is 19.4. The summed E-state index contributed by atoms with van der Waals surface area (Å²) in [6.07, 6.45) is -1.98. The average Bonchev–Trinajstić information content (AvgIpc) is 3.16. The lowest BCUT2D eigenvalue weighted by molar-refractivity contribution is -0.138. The summed E-state index contributed by atoms with van der Waals surface area (Å²) < 4.78 is 38.0. The molecule has 1 saturated heterocycles. The number of carbonyl (C=O) groups is 1. The minimum atomic E-state index is -4.39. The number of pyridine rings is 1. The second kappa shape index (κ2) is 6.87. The number of hydrogen-bond donors (Lipinski definition) is 0. The summed E-state index contributed by atoms with van der Waals surface area (Å²) in [7, 11) is 0. The van der Waals surface area contributed by atoms with Crippen LogP contribution >= 0.6 is 0 Å². The number of benzene rings is 1. The molecule has 27 heavy (non-hydrogen) atoms. The molecular formula is C20H20F3N3O. The van der Waals surface area contributed by atoms with Gasteiger partial charge in [-0.25, -0.2) is 4.98 Å². The number of hydrogen-bond acceptors (Lipinski definition) is 3. The summed E-state index contributed by atoms with van der Waals surface area (Å²) in [5.41, 5.74) is 1.73. The van der Waals surface area contributed by atoms with Crippen LogP contribution in [0.1, 0.15) is 23.1 Å². The van der Waals surface area contributed by atoms with Crippen molar-refractivity contribution in [3.63, 3.8) is 0 Å². The maximum Gasteiger partial charge on any atom is 0.417 e. The average molecular weight is 375 g/mol. The van der Waals surface area contributed by atoms with Gasteiger partial charge in [-0.2, -0.15) is 13.2 Å². The molecule has 2 aliphatic rings. The molecule has 0 bridgehead atoms. The SMILES string of the molecule is O=C(C1CCN(c2ccc(C(F)(F)F)cn2)C1)N1CCc2ccccc2C1. The van der Waals surface area contributed by atoms with E-state index in [1.165, 1.54) is 17.2 Å². The van der Waals surface area contributed by atoms with Crippen LogP contribution in [-0.2, 0) is 23.9 Å². The summed E-state index contributed by atoms with van der Waals surface area (Å²) in [4.78, 5) is 20.6. The van der Waals surface area contributed by atoms with E-state index < -0.39 is 11.7 Å². The number of anilines is 1. The Hall–Kier alpha value is -2.57. The van der Waals surface area contributed by atoms with Crippen molar-refractivity contribution in [2.24, 2.45) is 5.92 Å². The molecular weight excluding hydrogens is 355 g/mol. The van der Waals surface area contributed by atoms with E-state index in [2.05, 4.69) is 17.1 Å². The molecule has 4 rings (SSSR count). The van der Waals surface area contributed by atoms with E-state index in [9.17, 15) is 18.0 Å². The molecule has 0 aliphatic carbocycles. The van der Waals surface area contributed by atoms with Crippen molar-refractivity contribution in [1.82, 2.24) is 9.88 Å². The Morgan fingerprint density at radius 1 is 1.07 bits per heavy atom. The Labute approximate surface area is 155 Å². The third kappa shape index (κ3) is 3.63. The highest BCUT2D eigenvalue weighted by molar-refractivity contribution is 5.80. The molecule has 2 aliphatic heterocycles. The number of amides is 1. The van der Waals surface area contributed by atoms with E-state index in [0.717, 1.165) is 18.7 Å². The zero-order valence-corrected chi connectivity index (χ0v) is 14.7. The Morgan fingerprint density at radius 2 is 1.85 bits per heavy atom. The van der Waals surface area contributed by atoms with Crippen LogP contribution in [0.15, 0.2) is 42.6 Å². The Balaban J connectivity index is 1.40. The van der Waals surface area contributed by atoms with Gasteiger partial charge in [0.25, 0.3) is 0 Å². The second-order valence-electron chi connectivity index (χ2n) is 7.11. The van der Waals surface area contributed by atoms with Crippen molar-refractivity contribution < 1.29 is 18.0 Å². The van der Waals surface area contributed by atoms with Gasteiger partial charge in [-0.05, 0) is 36.1 Å². The van der Waals surface area contributed by atoms with Gasteiger partial charge in [0.1, 0.15) is 5.82 Å². The quantitative estimate of drug-likeness (QED) is 0.806. The van der Waals surface area contributed by atoms with E-state index in [0.29, 0.717) is 38.4 Å². The third-order valence-corrected chi connectivity index (χ3v) is 5.38. The Kier molecular flexibility index (Phi) is 4.53. The third-order valence-electron chi connectivity index (χ3n) is 5.38. The van der Waals surface area contributed by atoms with Crippen LogP contribution in [-0.4, -0.2) is 35.4 Å². The van der Waals surface area contributed by atoms with Crippen molar-refractivity contribution in [3.8, 4) is 0 Å². The molecule has 7 heteroatoms. The standard InChI is InChI=1S/C20H20F3N3O/c21-20(22,23)17-5-6-18(24-11-17)25-9-8-16(13-25)19(27)26-10-7-14-3-1-2-4-15(14)12-26/h1-6,11,16H,7-10,12-13H2. The van der Waals surface area contributed by atoms with Crippen molar-refractivity contribution in [2.45, 2.75) is 25.6 Å². The van der Waals surface area contributed by atoms with E-state index in [1.54, 1.807) is 0 Å². The zero-order valence-electron chi connectivity index (χ0n) is 14.7. The van der Waals surface area contributed by atoms with Crippen LogP contribution in [0.3, 0.4) is 0 Å². The molecule has 1 fully saturated rings. The van der Waals surface area contributed by atoms with Crippen molar-refractivity contribution >= 4 is 11.7 Å². The smallest absolute Gasteiger partial charge is 0.356 e. The molecule has 1 atom stereocenters. The van der Waals surface area contributed by atoms with Gasteiger partial charge < -0.3 is 9.80 Å². The van der Waals surface area contributed by atoms with Gasteiger partial charge in [0, 0.05) is 32.4 Å². The lowest BCUT2D eigenvalue weighted by atomic mass is 9.98. The van der Waals surface area contributed by atoms with Crippen LogP contribution in [0, 0.1) is 5.92 Å². The largest absolute Gasteiger partial charge is 0.417 e. The van der Waals surface area contributed by atoms with Gasteiger partial charge in [0.15, 0.2) is 0 Å². The van der Waals surface area contributed by atoms with Crippen LogP contribution in [0.2, 0.25) is 0 Å². The highest BCUT2D eigenvalue weighted by Gasteiger charge is 2.34. The minimum Gasteiger partial charge on any atom is -0.356 e. The molecule has 1 amide bonds.